The van der Waals surface area contributed by atoms with Gasteiger partial charge in [-0.05, 0) is 12.5 Å². The van der Waals surface area contributed by atoms with Gasteiger partial charge in [0, 0.05) is 30.4 Å². The Morgan fingerprint density at radius 3 is 3.16 bits per heavy atom. The van der Waals surface area contributed by atoms with Gasteiger partial charge in [-0.2, -0.15) is 0 Å². The Kier molecular flexibility index (Phi) is 2.48. The van der Waals surface area contributed by atoms with Gasteiger partial charge in [0.1, 0.15) is 11.6 Å². The first kappa shape index (κ1) is 10.9. The predicted octanol–water partition coefficient (Wildman–Crippen LogP) is 1.99. The van der Waals surface area contributed by atoms with E-state index in [9.17, 15) is 0 Å². The first-order valence-electron chi connectivity index (χ1n) is 6.69. The molecular formula is C15H15N3O. The number of para-hydroxylation sites is 1. The lowest BCUT2D eigenvalue weighted by atomic mass is 9.92. The van der Waals surface area contributed by atoms with Gasteiger partial charge >= 0.3 is 0 Å². The van der Waals surface area contributed by atoms with Gasteiger partial charge in [-0.1, -0.05) is 18.2 Å². The van der Waals surface area contributed by atoms with Crippen LogP contribution in [0.3, 0.4) is 0 Å². The smallest absolute Gasteiger partial charge is 0.136 e. The number of rotatable bonds is 1. The molecule has 1 N–H and O–H groups in total. The first-order chi connectivity index (χ1) is 9.42. The van der Waals surface area contributed by atoms with Crippen LogP contribution >= 0.6 is 0 Å². The van der Waals surface area contributed by atoms with Gasteiger partial charge in [-0.3, -0.25) is 0 Å². The van der Waals surface area contributed by atoms with E-state index in [0.29, 0.717) is 0 Å². The van der Waals surface area contributed by atoms with Crippen LogP contribution in [0.25, 0.3) is 0 Å². The van der Waals surface area contributed by atoms with E-state index in [1.165, 1.54) is 11.1 Å². The molecule has 1 aromatic heterocycles. The highest BCUT2D eigenvalue weighted by atomic mass is 16.5. The van der Waals surface area contributed by atoms with Crippen molar-refractivity contribution in [1.82, 2.24) is 15.3 Å². The Morgan fingerprint density at radius 2 is 2.16 bits per heavy atom. The van der Waals surface area contributed by atoms with Crippen molar-refractivity contribution >= 4 is 0 Å². The minimum Gasteiger partial charge on any atom is -0.493 e. The molecule has 4 heteroatoms. The zero-order valence-corrected chi connectivity index (χ0v) is 10.6. The number of nitrogens with zero attached hydrogens (tertiary/aromatic N) is 2. The van der Waals surface area contributed by atoms with E-state index in [4.69, 9.17) is 9.72 Å². The molecule has 0 fully saturated rings. The van der Waals surface area contributed by atoms with Crippen molar-refractivity contribution in [2.24, 2.45) is 0 Å². The summed E-state index contributed by atoms with van der Waals surface area (Å²) in [6.45, 7) is 2.48. The highest BCUT2D eigenvalue weighted by molar-refractivity contribution is 5.41. The molecule has 4 nitrogen and oxygen atoms in total. The molecule has 0 spiro atoms. The monoisotopic (exact) mass is 253 g/mol. The van der Waals surface area contributed by atoms with Crippen LogP contribution in [0.15, 0.2) is 30.5 Å². The molecule has 2 aromatic rings. The third-order valence-corrected chi connectivity index (χ3v) is 3.85. The molecule has 96 valence electrons. The van der Waals surface area contributed by atoms with Gasteiger partial charge < -0.3 is 10.1 Å². The SMILES string of the molecule is c1ccc2c(c1)OCCC2c1ncc2c(n1)CNC2. The van der Waals surface area contributed by atoms with Crippen molar-refractivity contribution in [2.45, 2.75) is 25.4 Å². The highest BCUT2D eigenvalue weighted by Crippen LogP contribution is 2.36. The summed E-state index contributed by atoms with van der Waals surface area (Å²) in [4.78, 5) is 9.31. The van der Waals surface area contributed by atoms with Crippen molar-refractivity contribution in [3.8, 4) is 5.75 Å². The highest BCUT2D eigenvalue weighted by Gasteiger charge is 2.26. The molecule has 19 heavy (non-hydrogen) atoms. The second kappa shape index (κ2) is 4.31. The molecule has 0 saturated carbocycles. The fourth-order valence-corrected chi connectivity index (χ4v) is 2.85. The van der Waals surface area contributed by atoms with Gasteiger partial charge in [-0.15, -0.1) is 0 Å². The standard InChI is InChI=1S/C15H15N3O/c1-2-4-14-11(3-1)12(5-6-19-14)15-17-8-10-7-16-9-13(10)18-15/h1-4,8,12,16H,5-7,9H2. The number of hydrogen-bond donors (Lipinski definition) is 1. The number of benzene rings is 1. The maximum atomic E-state index is 5.70. The molecule has 0 saturated heterocycles. The minimum absolute atomic E-state index is 0.260. The summed E-state index contributed by atoms with van der Waals surface area (Å²) < 4.78 is 5.70. The molecule has 2 aliphatic rings. The molecule has 0 bridgehead atoms. The van der Waals surface area contributed by atoms with E-state index in [-0.39, 0.29) is 5.92 Å². The summed E-state index contributed by atoms with van der Waals surface area (Å²) in [6, 6.07) is 8.20. The molecule has 2 aliphatic heterocycles. The van der Waals surface area contributed by atoms with E-state index in [0.717, 1.165) is 43.4 Å². The van der Waals surface area contributed by atoms with Gasteiger partial charge in [-0.25, -0.2) is 9.97 Å². The third kappa shape index (κ3) is 1.79. The summed E-state index contributed by atoms with van der Waals surface area (Å²) in [5.74, 6) is 2.16. The van der Waals surface area contributed by atoms with E-state index < -0.39 is 0 Å². The Bertz CT molecular complexity index is 627. The van der Waals surface area contributed by atoms with E-state index in [1.807, 2.05) is 18.3 Å². The number of hydrogen-bond acceptors (Lipinski definition) is 4. The molecular weight excluding hydrogens is 238 g/mol. The summed E-state index contributed by atoms with van der Waals surface area (Å²) >= 11 is 0. The Morgan fingerprint density at radius 1 is 1.21 bits per heavy atom. The Hall–Kier alpha value is -1.94. The molecule has 1 atom stereocenters. The number of fused-ring (bicyclic) bond motifs is 2. The van der Waals surface area contributed by atoms with E-state index in [2.05, 4.69) is 22.4 Å². The van der Waals surface area contributed by atoms with Crippen molar-refractivity contribution < 1.29 is 4.74 Å². The zero-order chi connectivity index (χ0) is 12.7. The van der Waals surface area contributed by atoms with Crippen LogP contribution in [0.2, 0.25) is 0 Å². The lowest BCUT2D eigenvalue weighted by Gasteiger charge is -2.24. The summed E-state index contributed by atoms with van der Waals surface area (Å²) in [7, 11) is 0. The lowest BCUT2D eigenvalue weighted by Crippen LogP contribution is -2.17. The Labute approximate surface area is 111 Å². The molecule has 0 radical (unpaired) electrons. The zero-order valence-electron chi connectivity index (χ0n) is 10.6. The molecule has 4 rings (SSSR count). The summed E-state index contributed by atoms with van der Waals surface area (Å²) in [5, 5.41) is 3.31. The number of ether oxygens (including phenoxy) is 1. The summed E-state index contributed by atoms with van der Waals surface area (Å²) in [5.41, 5.74) is 3.58. The lowest BCUT2D eigenvalue weighted by molar-refractivity contribution is 0.274. The minimum atomic E-state index is 0.260. The van der Waals surface area contributed by atoms with Crippen LogP contribution in [-0.2, 0) is 13.1 Å². The fraction of sp³-hybridized carbons (Fsp3) is 0.333. The van der Waals surface area contributed by atoms with Gasteiger partial charge in [0.05, 0.1) is 18.2 Å². The predicted molar refractivity (Wildman–Crippen MR) is 71.0 cm³/mol. The van der Waals surface area contributed by atoms with Crippen LogP contribution < -0.4 is 10.1 Å². The molecule has 1 aromatic carbocycles. The number of nitrogens with one attached hydrogen (secondary N) is 1. The average Bonchev–Trinajstić information content (AvgIpc) is 2.94. The quantitative estimate of drug-likeness (QED) is 0.844. The molecule has 0 amide bonds. The Balaban J connectivity index is 1.77. The summed E-state index contributed by atoms with van der Waals surface area (Å²) in [6.07, 6.45) is 2.92. The maximum absolute atomic E-state index is 5.70. The molecule has 3 heterocycles. The van der Waals surface area contributed by atoms with Crippen LogP contribution in [0.4, 0.5) is 0 Å². The number of aromatic nitrogens is 2. The third-order valence-electron chi connectivity index (χ3n) is 3.85. The van der Waals surface area contributed by atoms with Crippen molar-refractivity contribution in [1.29, 1.82) is 0 Å². The second-order valence-electron chi connectivity index (χ2n) is 5.03. The van der Waals surface area contributed by atoms with Crippen LogP contribution in [0.1, 0.15) is 35.0 Å². The second-order valence-corrected chi connectivity index (χ2v) is 5.03. The van der Waals surface area contributed by atoms with Crippen molar-refractivity contribution in [3.63, 3.8) is 0 Å². The van der Waals surface area contributed by atoms with Gasteiger partial charge in [0.2, 0.25) is 0 Å². The van der Waals surface area contributed by atoms with Crippen LogP contribution in [0.5, 0.6) is 5.75 Å². The van der Waals surface area contributed by atoms with Crippen molar-refractivity contribution in [3.05, 3.63) is 53.1 Å². The molecule has 0 aliphatic carbocycles. The van der Waals surface area contributed by atoms with Crippen molar-refractivity contribution in [2.75, 3.05) is 6.61 Å². The van der Waals surface area contributed by atoms with Crippen LogP contribution in [0, 0.1) is 0 Å². The van der Waals surface area contributed by atoms with Gasteiger partial charge in [0.25, 0.3) is 0 Å². The average molecular weight is 253 g/mol. The van der Waals surface area contributed by atoms with Crippen LogP contribution in [-0.4, -0.2) is 16.6 Å². The molecule has 1 unspecified atom stereocenters. The fourth-order valence-electron chi connectivity index (χ4n) is 2.85. The van der Waals surface area contributed by atoms with Gasteiger partial charge in [0.15, 0.2) is 0 Å². The maximum Gasteiger partial charge on any atom is 0.136 e. The topological polar surface area (TPSA) is 47.0 Å². The van der Waals surface area contributed by atoms with E-state index in [1.54, 1.807) is 0 Å². The first-order valence-corrected chi connectivity index (χ1v) is 6.69. The normalized spacial score (nSPS) is 20.5. The largest absolute Gasteiger partial charge is 0.493 e. The van der Waals surface area contributed by atoms with E-state index >= 15 is 0 Å².